The van der Waals surface area contributed by atoms with E-state index >= 15 is 0 Å². The van der Waals surface area contributed by atoms with E-state index in [0.717, 1.165) is 39.7 Å². The molecule has 0 radical (unpaired) electrons. The maximum atomic E-state index is 13.9. The molecule has 0 saturated carbocycles. The smallest absolute Gasteiger partial charge is 0.418 e. The first-order chi connectivity index (χ1) is 20.4. The average Bonchev–Trinajstić information content (AvgIpc) is 3.40. The number of thioether (sulfide) groups is 1. The Morgan fingerprint density at radius 2 is 1.63 bits per heavy atom. The molecule has 2 aliphatic rings. The molecule has 220 valence electrons. The van der Waals surface area contributed by atoms with Crippen molar-refractivity contribution < 1.29 is 32.7 Å². The zero-order valence-electron chi connectivity index (χ0n) is 21.7. The number of amides is 3. The van der Waals surface area contributed by atoms with E-state index in [0.29, 0.717) is 26.1 Å². The first-order valence-corrected chi connectivity index (χ1v) is 15.2. The fraction of sp³-hybridized carbons (Fsp3) is 0.172. The number of carbonyl (C=O) groups excluding carboxylic acids is 3. The number of alkyl halides is 3. The molecule has 3 unspecified atom stereocenters. The Morgan fingerprint density at radius 1 is 0.953 bits per heavy atom. The van der Waals surface area contributed by atoms with Gasteiger partial charge in [-0.05, 0) is 54.1 Å². The van der Waals surface area contributed by atoms with Gasteiger partial charge < -0.3 is 10.4 Å². The number of benzene rings is 3. The van der Waals surface area contributed by atoms with E-state index in [-0.39, 0.29) is 5.75 Å². The van der Waals surface area contributed by atoms with Gasteiger partial charge in [0, 0.05) is 21.0 Å². The van der Waals surface area contributed by atoms with Crippen molar-refractivity contribution in [2.75, 3.05) is 10.2 Å². The van der Waals surface area contributed by atoms with Crippen LogP contribution >= 0.6 is 39.0 Å². The van der Waals surface area contributed by atoms with Crippen molar-refractivity contribution in [1.82, 2.24) is 4.57 Å². The number of aromatic hydroxyl groups is 1. The minimum Gasteiger partial charge on any atom is -0.508 e. The van der Waals surface area contributed by atoms with E-state index in [1.54, 1.807) is 24.3 Å². The van der Waals surface area contributed by atoms with E-state index in [1.165, 1.54) is 41.0 Å². The van der Waals surface area contributed by atoms with E-state index < -0.39 is 63.7 Å². The molecule has 4 aromatic rings. The molecule has 1 saturated heterocycles. The summed E-state index contributed by atoms with van der Waals surface area (Å²) in [5.74, 6) is -4.09. The Morgan fingerprint density at radius 3 is 2.30 bits per heavy atom. The molecular weight excluding hydrogens is 671 g/mol. The van der Waals surface area contributed by atoms with Gasteiger partial charge >= 0.3 is 11.0 Å². The molecular formula is C29H19BrF3N3O5S2. The highest BCUT2D eigenvalue weighted by atomic mass is 79.9. The lowest BCUT2D eigenvalue weighted by Crippen LogP contribution is -2.33. The Bertz CT molecular complexity index is 1820. The number of thiazole rings is 1. The standard InChI is InChI=1S/C29H19BrF3N3O5S2/c30-15-7-5-14(6-8-15)21-22-23(26(40)36(25(22)39)19-4-2-1-3-18(19)29(31,32)33)42-27-24(21)43-28(41)35(27)13-20(38)34-16-9-11-17(37)12-10-16/h1-12,21-23,37H,13H2,(H,34,38). The zero-order chi connectivity index (χ0) is 30.6. The molecule has 2 aliphatic heterocycles. The van der Waals surface area contributed by atoms with Crippen LogP contribution < -0.4 is 15.1 Å². The maximum absolute atomic E-state index is 13.9. The summed E-state index contributed by atoms with van der Waals surface area (Å²) in [4.78, 5) is 54.5. The van der Waals surface area contributed by atoms with Crippen LogP contribution in [-0.4, -0.2) is 32.6 Å². The van der Waals surface area contributed by atoms with Crippen molar-refractivity contribution in [2.45, 2.75) is 28.9 Å². The Balaban J connectivity index is 1.43. The summed E-state index contributed by atoms with van der Waals surface area (Å²) in [6, 6.07) is 17.1. The molecule has 3 atom stereocenters. The van der Waals surface area contributed by atoms with Gasteiger partial charge in [-0.3, -0.25) is 23.7 Å². The molecule has 0 spiro atoms. The van der Waals surface area contributed by atoms with Gasteiger partial charge in [0.2, 0.25) is 17.7 Å². The molecule has 3 aromatic carbocycles. The molecule has 0 bridgehead atoms. The summed E-state index contributed by atoms with van der Waals surface area (Å²) in [6.07, 6.45) is -4.81. The molecule has 2 N–H and O–H groups in total. The molecule has 3 heterocycles. The van der Waals surface area contributed by atoms with Gasteiger partial charge in [-0.25, -0.2) is 4.90 Å². The lowest BCUT2D eigenvalue weighted by molar-refractivity contribution is -0.137. The third kappa shape index (κ3) is 5.27. The van der Waals surface area contributed by atoms with Gasteiger partial charge in [-0.2, -0.15) is 13.2 Å². The van der Waals surface area contributed by atoms with Gasteiger partial charge in [0.1, 0.15) is 17.5 Å². The topological polar surface area (TPSA) is 109 Å². The molecule has 3 amide bonds. The Hall–Kier alpha value is -3.88. The second kappa shape index (κ2) is 11.0. The van der Waals surface area contributed by atoms with Gasteiger partial charge in [-0.1, -0.05) is 63.3 Å². The van der Waals surface area contributed by atoms with Crippen LogP contribution in [0, 0.1) is 5.92 Å². The zero-order valence-corrected chi connectivity index (χ0v) is 24.9. The number of nitrogens with zero attached hydrogens (tertiary/aromatic N) is 2. The summed E-state index contributed by atoms with van der Waals surface area (Å²) >= 11 is 5.11. The monoisotopic (exact) mass is 689 g/mol. The van der Waals surface area contributed by atoms with Crippen LogP contribution in [0.4, 0.5) is 24.5 Å². The number of anilines is 2. The fourth-order valence-electron chi connectivity index (χ4n) is 5.32. The lowest BCUT2D eigenvalue weighted by Gasteiger charge is -2.30. The lowest BCUT2D eigenvalue weighted by atomic mass is 9.83. The summed E-state index contributed by atoms with van der Waals surface area (Å²) in [7, 11) is 0. The minimum absolute atomic E-state index is 0.00809. The molecule has 1 aromatic heterocycles. The summed E-state index contributed by atoms with van der Waals surface area (Å²) < 4.78 is 43.7. The average molecular weight is 691 g/mol. The van der Waals surface area contributed by atoms with E-state index in [4.69, 9.17) is 0 Å². The van der Waals surface area contributed by atoms with Crippen LogP contribution in [-0.2, 0) is 27.1 Å². The maximum Gasteiger partial charge on any atom is 0.418 e. The molecule has 0 aliphatic carbocycles. The number of phenols is 1. The highest BCUT2D eigenvalue weighted by molar-refractivity contribution is 9.10. The molecule has 8 nitrogen and oxygen atoms in total. The molecule has 43 heavy (non-hydrogen) atoms. The number of aromatic nitrogens is 1. The van der Waals surface area contributed by atoms with Gasteiger partial charge in [-0.15, -0.1) is 0 Å². The number of imide groups is 1. The number of carbonyl (C=O) groups is 3. The Labute approximate surface area is 258 Å². The van der Waals surface area contributed by atoms with Crippen molar-refractivity contribution in [3.63, 3.8) is 0 Å². The van der Waals surface area contributed by atoms with Crippen LogP contribution in [0.3, 0.4) is 0 Å². The van der Waals surface area contributed by atoms with E-state index in [2.05, 4.69) is 21.2 Å². The second-order valence-corrected chi connectivity index (χ2v) is 12.9. The second-order valence-electron chi connectivity index (χ2n) is 9.84. The van der Waals surface area contributed by atoms with Crippen LogP contribution in [0.5, 0.6) is 5.75 Å². The Kier molecular flexibility index (Phi) is 7.47. The number of nitrogens with one attached hydrogen (secondary N) is 1. The first kappa shape index (κ1) is 29.2. The van der Waals surface area contributed by atoms with E-state index in [9.17, 15) is 37.5 Å². The number of halogens is 4. The van der Waals surface area contributed by atoms with Crippen molar-refractivity contribution in [3.05, 3.63) is 103 Å². The SMILES string of the molecule is O=C(Cn1c2c(sc1=O)C(c1ccc(Br)cc1)C1C(=O)N(c3ccccc3C(F)(F)F)C(=O)C1S2)Nc1ccc(O)cc1. The normalized spacial score (nSPS) is 19.7. The third-order valence-corrected chi connectivity index (χ3v) is 10.3. The predicted octanol–water partition coefficient (Wildman–Crippen LogP) is 5.83. The predicted molar refractivity (Wildman–Crippen MR) is 158 cm³/mol. The highest BCUT2D eigenvalue weighted by Gasteiger charge is 2.57. The van der Waals surface area contributed by atoms with E-state index in [1.807, 2.05) is 0 Å². The van der Waals surface area contributed by atoms with Crippen LogP contribution in [0.15, 0.2) is 87.1 Å². The number of hydrogen-bond donors (Lipinski definition) is 2. The summed E-state index contributed by atoms with van der Waals surface area (Å²) in [6.45, 7) is -0.411. The van der Waals surface area contributed by atoms with Crippen molar-refractivity contribution >= 4 is 68.1 Å². The first-order valence-electron chi connectivity index (χ1n) is 12.7. The summed E-state index contributed by atoms with van der Waals surface area (Å²) in [5.41, 5.74) is -0.688. The summed E-state index contributed by atoms with van der Waals surface area (Å²) in [5, 5.41) is 11.3. The van der Waals surface area contributed by atoms with Gasteiger partial charge in [0.15, 0.2) is 0 Å². The number of rotatable bonds is 5. The van der Waals surface area contributed by atoms with Crippen LogP contribution in [0.25, 0.3) is 0 Å². The van der Waals surface area contributed by atoms with Crippen LogP contribution in [0.1, 0.15) is 21.9 Å². The number of fused-ring (bicyclic) bond motifs is 2. The number of hydrogen-bond acceptors (Lipinski definition) is 7. The largest absolute Gasteiger partial charge is 0.508 e. The van der Waals surface area contributed by atoms with Crippen molar-refractivity contribution in [2.24, 2.45) is 5.92 Å². The molecule has 6 rings (SSSR count). The minimum atomic E-state index is -4.81. The molecule has 1 fully saturated rings. The fourth-order valence-corrected chi connectivity index (χ4v) is 8.36. The number of para-hydroxylation sites is 1. The molecule has 14 heteroatoms. The third-order valence-electron chi connectivity index (χ3n) is 7.18. The van der Waals surface area contributed by atoms with Crippen molar-refractivity contribution in [3.8, 4) is 5.75 Å². The highest BCUT2D eigenvalue weighted by Crippen LogP contribution is 2.54. The van der Waals surface area contributed by atoms with Gasteiger partial charge in [0.05, 0.1) is 22.2 Å². The number of phenolic OH excluding ortho intramolecular Hbond substituents is 1. The quantitative estimate of drug-likeness (QED) is 0.202. The van der Waals surface area contributed by atoms with Gasteiger partial charge in [0.25, 0.3) is 0 Å². The van der Waals surface area contributed by atoms with Crippen molar-refractivity contribution in [1.29, 1.82) is 0 Å². The van der Waals surface area contributed by atoms with Crippen LogP contribution in [0.2, 0.25) is 0 Å².